The van der Waals surface area contributed by atoms with Crippen LogP contribution in [-0.2, 0) is 11.3 Å². The van der Waals surface area contributed by atoms with Crippen LogP contribution in [0.15, 0.2) is 29.3 Å². The molecule has 2 saturated heterocycles. The number of likely N-dealkylation sites (N-methyl/N-ethyl adjacent to an activating group) is 2. The predicted octanol–water partition coefficient (Wildman–Crippen LogP) is 2.04. The van der Waals surface area contributed by atoms with Crippen LogP contribution in [0, 0.1) is 6.92 Å². The van der Waals surface area contributed by atoms with Gasteiger partial charge in [-0.05, 0) is 25.3 Å². The summed E-state index contributed by atoms with van der Waals surface area (Å²) in [6, 6.07) is 7.08. The lowest BCUT2D eigenvalue weighted by atomic mass is 10.1. The van der Waals surface area contributed by atoms with E-state index in [1.807, 2.05) is 43.1 Å². The number of fused-ring (bicyclic) bond motifs is 1. The molecule has 2 fully saturated rings. The van der Waals surface area contributed by atoms with Gasteiger partial charge in [0.1, 0.15) is 0 Å². The van der Waals surface area contributed by atoms with Crippen LogP contribution in [0.1, 0.15) is 36.8 Å². The maximum absolute atomic E-state index is 13.3. The average molecular weight is 382 g/mol. The Labute approximate surface area is 165 Å². The zero-order valence-electron chi connectivity index (χ0n) is 16.9. The number of aryl methyl sites for hydroxylation is 1. The number of carbonyl (C=O) groups excluding carboxylic acids is 2. The van der Waals surface area contributed by atoms with E-state index in [9.17, 15) is 9.59 Å². The topological polar surface area (TPSA) is 59.2 Å². The van der Waals surface area contributed by atoms with Crippen LogP contribution in [0.4, 0.5) is 4.79 Å². The normalized spacial score (nSPS) is 23.2. The molecule has 1 unspecified atom stereocenters. The number of amides is 3. The molecule has 0 N–H and O–H groups in total. The van der Waals surface area contributed by atoms with E-state index in [1.165, 1.54) is 22.6 Å². The molecule has 148 valence electrons. The van der Waals surface area contributed by atoms with Crippen molar-refractivity contribution < 1.29 is 14.2 Å². The second kappa shape index (κ2) is 7.37. The Kier molecular flexibility index (Phi) is 4.91. The number of guanidine groups is 1. The van der Waals surface area contributed by atoms with E-state index in [0.717, 1.165) is 43.0 Å². The third-order valence-corrected chi connectivity index (χ3v) is 5.87. The van der Waals surface area contributed by atoms with Crippen molar-refractivity contribution in [2.24, 2.45) is 4.99 Å². The summed E-state index contributed by atoms with van der Waals surface area (Å²) in [5, 5.41) is 0. The lowest BCUT2D eigenvalue weighted by molar-refractivity contribution is -0.531. The molecular formula is C21H28N5O2+. The Morgan fingerprint density at radius 2 is 1.68 bits per heavy atom. The average Bonchev–Trinajstić information content (AvgIpc) is 2.85. The van der Waals surface area contributed by atoms with Gasteiger partial charge in [0, 0.05) is 7.05 Å². The largest absolute Gasteiger partial charge is 0.392 e. The standard InChI is InChI=1S/C21H28N5O2/c1-15-8-10-16(11-9-15)14-26-19(27)17-18(24(3)21(26)28)22-20(23(17)2)25-12-6-4-5-7-13-25/h8-11,17H,4-7,12-14H2,1-3H3/q+1. The van der Waals surface area contributed by atoms with Crippen molar-refractivity contribution in [1.29, 1.82) is 0 Å². The van der Waals surface area contributed by atoms with Gasteiger partial charge in [-0.1, -0.05) is 47.7 Å². The van der Waals surface area contributed by atoms with E-state index in [-0.39, 0.29) is 18.5 Å². The Hall–Kier alpha value is -2.70. The molecule has 0 aromatic heterocycles. The van der Waals surface area contributed by atoms with Crippen LogP contribution < -0.4 is 0 Å². The highest BCUT2D eigenvalue weighted by Crippen LogP contribution is 2.24. The number of benzene rings is 1. The summed E-state index contributed by atoms with van der Waals surface area (Å²) in [6.45, 7) is 4.19. The molecule has 1 atom stereocenters. The summed E-state index contributed by atoms with van der Waals surface area (Å²) in [7, 11) is 3.62. The fourth-order valence-corrected chi connectivity index (χ4v) is 4.17. The Morgan fingerprint density at radius 3 is 2.32 bits per heavy atom. The Morgan fingerprint density at radius 1 is 1.04 bits per heavy atom. The first-order valence-corrected chi connectivity index (χ1v) is 10.1. The molecule has 7 nitrogen and oxygen atoms in total. The molecule has 0 aliphatic carbocycles. The zero-order valence-corrected chi connectivity index (χ0v) is 16.9. The fourth-order valence-electron chi connectivity index (χ4n) is 4.17. The first-order valence-electron chi connectivity index (χ1n) is 10.1. The van der Waals surface area contributed by atoms with Gasteiger partial charge in [-0.2, -0.15) is 0 Å². The molecule has 1 aromatic rings. The van der Waals surface area contributed by atoms with E-state index in [2.05, 4.69) is 4.58 Å². The van der Waals surface area contributed by atoms with Crippen molar-refractivity contribution in [2.45, 2.75) is 45.2 Å². The Balaban J connectivity index is 1.63. The SMILES string of the molecule is Cc1ccc(CN2C(=O)C3C(=NC(=[N+]4CCCCCC4)N3C)N(C)C2=O)cc1. The van der Waals surface area contributed by atoms with Crippen LogP contribution in [0.5, 0.6) is 0 Å². The lowest BCUT2D eigenvalue weighted by Gasteiger charge is -2.34. The first-order chi connectivity index (χ1) is 13.5. The maximum Gasteiger partial charge on any atom is 0.392 e. The second-order valence-corrected chi connectivity index (χ2v) is 7.94. The van der Waals surface area contributed by atoms with Crippen molar-refractivity contribution in [3.8, 4) is 0 Å². The van der Waals surface area contributed by atoms with Gasteiger partial charge in [-0.25, -0.2) is 9.69 Å². The molecule has 3 aliphatic heterocycles. The van der Waals surface area contributed by atoms with Gasteiger partial charge in [-0.3, -0.25) is 19.2 Å². The molecule has 3 aliphatic rings. The van der Waals surface area contributed by atoms with Gasteiger partial charge in [0.25, 0.3) is 5.91 Å². The van der Waals surface area contributed by atoms with E-state index in [1.54, 1.807) is 7.05 Å². The number of amidine groups is 1. The molecular weight excluding hydrogens is 354 g/mol. The number of imide groups is 1. The van der Waals surface area contributed by atoms with E-state index < -0.39 is 6.04 Å². The highest BCUT2D eigenvalue weighted by molar-refractivity contribution is 6.25. The predicted molar refractivity (Wildman–Crippen MR) is 107 cm³/mol. The number of nitrogens with zero attached hydrogens (tertiary/aromatic N) is 5. The minimum Gasteiger partial charge on any atom is -0.270 e. The second-order valence-electron chi connectivity index (χ2n) is 7.94. The van der Waals surface area contributed by atoms with Crippen molar-refractivity contribution >= 4 is 23.7 Å². The van der Waals surface area contributed by atoms with Crippen LogP contribution in [0.3, 0.4) is 0 Å². The number of rotatable bonds is 2. The van der Waals surface area contributed by atoms with Gasteiger partial charge in [0.15, 0.2) is 0 Å². The minimum absolute atomic E-state index is 0.199. The number of hydrogen-bond donors (Lipinski definition) is 0. The van der Waals surface area contributed by atoms with Gasteiger partial charge in [0.2, 0.25) is 11.9 Å². The molecule has 0 bridgehead atoms. The minimum atomic E-state index is -0.536. The van der Waals surface area contributed by atoms with E-state index >= 15 is 0 Å². The number of aliphatic imine (C=N–C) groups is 1. The molecule has 3 amide bonds. The highest BCUT2D eigenvalue weighted by Gasteiger charge is 2.54. The van der Waals surface area contributed by atoms with Crippen molar-refractivity contribution in [3.05, 3.63) is 35.4 Å². The van der Waals surface area contributed by atoms with Crippen LogP contribution in [0.2, 0.25) is 0 Å². The first kappa shape index (κ1) is 18.7. The summed E-state index contributed by atoms with van der Waals surface area (Å²) in [6.07, 6.45) is 4.73. The van der Waals surface area contributed by atoms with Crippen molar-refractivity contribution in [3.63, 3.8) is 0 Å². The molecule has 3 heterocycles. The number of urea groups is 1. The van der Waals surface area contributed by atoms with Crippen LogP contribution in [-0.4, -0.2) is 76.2 Å². The number of carbonyl (C=O) groups is 2. The van der Waals surface area contributed by atoms with Crippen molar-refractivity contribution in [1.82, 2.24) is 14.7 Å². The van der Waals surface area contributed by atoms with Crippen molar-refractivity contribution in [2.75, 3.05) is 27.2 Å². The maximum atomic E-state index is 13.3. The molecule has 0 spiro atoms. The third kappa shape index (κ3) is 3.19. The van der Waals surface area contributed by atoms with E-state index in [4.69, 9.17) is 4.99 Å². The summed E-state index contributed by atoms with van der Waals surface area (Å²) in [4.78, 5) is 35.7. The molecule has 0 radical (unpaired) electrons. The summed E-state index contributed by atoms with van der Waals surface area (Å²) < 4.78 is 2.26. The Bertz CT molecular complexity index is 848. The van der Waals surface area contributed by atoms with E-state index in [0.29, 0.717) is 5.84 Å². The zero-order chi connectivity index (χ0) is 19.8. The van der Waals surface area contributed by atoms with Gasteiger partial charge in [-0.15, -0.1) is 0 Å². The fraction of sp³-hybridized carbons (Fsp3) is 0.524. The lowest BCUT2D eigenvalue weighted by Crippen LogP contribution is -2.63. The van der Waals surface area contributed by atoms with Gasteiger partial charge < -0.3 is 0 Å². The summed E-state index contributed by atoms with van der Waals surface area (Å²) in [5.41, 5.74) is 2.09. The van der Waals surface area contributed by atoms with Gasteiger partial charge in [0.05, 0.1) is 26.7 Å². The molecule has 1 aromatic carbocycles. The van der Waals surface area contributed by atoms with Crippen LogP contribution in [0.25, 0.3) is 0 Å². The third-order valence-electron chi connectivity index (χ3n) is 5.87. The van der Waals surface area contributed by atoms with Gasteiger partial charge >= 0.3 is 12.0 Å². The number of hydrogen-bond acceptors (Lipinski definition) is 2. The monoisotopic (exact) mass is 382 g/mol. The molecule has 28 heavy (non-hydrogen) atoms. The highest BCUT2D eigenvalue weighted by atomic mass is 16.2. The van der Waals surface area contributed by atoms with Crippen LogP contribution >= 0.6 is 0 Å². The molecule has 0 saturated carbocycles. The summed E-state index contributed by atoms with van der Waals surface area (Å²) in [5.74, 6) is 1.15. The quantitative estimate of drug-likeness (QED) is 0.736. The molecule has 4 rings (SSSR count). The smallest absolute Gasteiger partial charge is 0.270 e. The molecule has 7 heteroatoms. The summed E-state index contributed by atoms with van der Waals surface area (Å²) >= 11 is 0.